The maximum absolute atomic E-state index is 12.2. The fourth-order valence-corrected chi connectivity index (χ4v) is 3.51. The van der Waals surface area contributed by atoms with Crippen molar-refractivity contribution in [3.63, 3.8) is 0 Å². The first-order valence-electron chi connectivity index (χ1n) is 7.53. The Morgan fingerprint density at radius 3 is 2.52 bits per heavy atom. The van der Waals surface area contributed by atoms with Crippen molar-refractivity contribution in [1.82, 2.24) is 10.0 Å². The molecule has 1 aliphatic heterocycles. The molecule has 6 heteroatoms. The summed E-state index contributed by atoms with van der Waals surface area (Å²) in [5, 5.41) is 3.41. The normalized spacial score (nSPS) is 22.6. The lowest BCUT2D eigenvalue weighted by molar-refractivity contribution is 0.186. The average Bonchev–Trinajstić information content (AvgIpc) is 3.17. The molecule has 0 radical (unpaired) electrons. The van der Waals surface area contributed by atoms with Crippen LogP contribution in [0.3, 0.4) is 0 Å². The molecule has 2 fully saturated rings. The lowest BCUT2D eigenvalue weighted by Gasteiger charge is -2.11. The van der Waals surface area contributed by atoms with E-state index in [1.807, 2.05) is 12.1 Å². The Hall–Kier alpha value is -0.950. The van der Waals surface area contributed by atoms with E-state index in [-0.39, 0.29) is 0 Å². The molecule has 2 N–H and O–H groups in total. The second-order valence-corrected chi connectivity index (χ2v) is 7.65. The number of rotatable bonds is 7. The fraction of sp³-hybridized carbons (Fsp3) is 0.600. The van der Waals surface area contributed by atoms with E-state index in [1.165, 1.54) is 12.8 Å². The molecule has 2 aliphatic rings. The summed E-state index contributed by atoms with van der Waals surface area (Å²) in [6.07, 6.45) is 3.43. The van der Waals surface area contributed by atoms with Crippen LogP contribution < -0.4 is 10.0 Å². The van der Waals surface area contributed by atoms with E-state index in [1.54, 1.807) is 12.1 Å². The first kappa shape index (κ1) is 15.0. The van der Waals surface area contributed by atoms with Crippen LogP contribution in [-0.4, -0.2) is 34.2 Å². The molecule has 1 saturated carbocycles. The minimum Gasteiger partial charge on any atom is -0.381 e. The zero-order valence-corrected chi connectivity index (χ0v) is 12.9. The van der Waals surface area contributed by atoms with E-state index >= 15 is 0 Å². The van der Waals surface area contributed by atoms with Crippen LogP contribution in [0.25, 0.3) is 0 Å². The Labute approximate surface area is 126 Å². The third kappa shape index (κ3) is 4.26. The Morgan fingerprint density at radius 2 is 1.90 bits per heavy atom. The van der Waals surface area contributed by atoms with Gasteiger partial charge in [0.25, 0.3) is 0 Å². The average molecular weight is 310 g/mol. The van der Waals surface area contributed by atoms with Gasteiger partial charge in [-0.3, -0.25) is 0 Å². The molecule has 1 aliphatic carbocycles. The summed E-state index contributed by atoms with van der Waals surface area (Å²) in [7, 11) is -3.41. The second-order valence-electron chi connectivity index (χ2n) is 5.88. The van der Waals surface area contributed by atoms with Crippen LogP contribution in [-0.2, 0) is 21.3 Å². The van der Waals surface area contributed by atoms with Crippen molar-refractivity contribution in [2.75, 3.05) is 19.8 Å². The lowest BCUT2D eigenvalue weighted by atomic mass is 10.1. The second kappa shape index (κ2) is 6.44. The first-order chi connectivity index (χ1) is 10.1. The van der Waals surface area contributed by atoms with Crippen molar-refractivity contribution in [3.05, 3.63) is 29.8 Å². The van der Waals surface area contributed by atoms with Gasteiger partial charge in [-0.05, 0) is 42.9 Å². The molecule has 1 aromatic rings. The van der Waals surface area contributed by atoms with Crippen LogP contribution in [0, 0.1) is 5.92 Å². The van der Waals surface area contributed by atoms with Crippen LogP contribution >= 0.6 is 0 Å². The highest BCUT2D eigenvalue weighted by Crippen LogP contribution is 2.19. The molecule has 1 aromatic carbocycles. The molecule has 5 nitrogen and oxygen atoms in total. The maximum atomic E-state index is 12.2. The minimum absolute atomic E-state index is 0.293. The van der Waals surface area contributed by atoms with Crippen LogP contribution in [0.15, 0.2) is 29.2 Å². The number of benzene rings is 1. The SMILES string of the molecule is O=S(=O)(NCC1CCOC1)c1ccc(CNC2CC2)cc1. The van der Waals surface area contributed by atoms with Gasteiger partial charge in [-0.2, -0.15) is 0 Å². The number of sulfonamides is 1. The summed E-state index contributed by atoms with van der Waals surface area (Å²) in [5.74, 6) is 0.293. The zero-order chi connectivity index (χ0) is 14.7. The number of nitrogens with one attached hydrogen (secondary N) is 2. The van der Waals surface area contributed by atoms with Gasteiger partial charge in [-0.15, -0.1) is 0 Å². The maximum Gasteiger partial charge on any atom is 0.240 e. The van der Waals surface area contributed by atoms with Crippen molar-refractivity contribution in [2.45, 2.75) is 36.7 Å². The van der Waals surface area contributed by atoms with Crippen molar-refractivity contribution in [3.8, 4) is 0 Å². The van der Waals surface area contributed by atoms with Gasteiger partial charge < -0.3 is 10.1 Å². The van der Waals surface area contributed by atoms with E-state index in [2.05, 4.69) is 10.0 Å². The summed E-state index contributed by atoms with van der Waals surface area (Å²) in [4.78, 5) is 0.330. The Kier molecular flexibility index (Phi) is 4.59. The molecule has 116 valence electrons. The quantitative estimate of drug-likeness (QED) is 0.795. The van der Waals surface area contributed by atoms with E-state index in [9.17, 15) is 8.42 Å². The standard InChI is InChI=1S/C15H22N2O3S/c18-21(19,17-10-13-7-8-20-11-13)15-5-1-12(2-6-15)9-16-14-3-4-14/h1-2,5-6,13-14,16-17H,3-4,7-11H2. The molecule has 0 aromatic heterocycles. The third-order valence-corrected chi connectivity index (χ3v) is 5.43. The molecule has 1 saturated heterocycles. The van der Waals surface area contributed by atoms with Gasteiger partial charge >= 0.3 is 0 Å². The third-order valence-electron chi connectivity index (χ3n) is 3.99. The monoisotopic (exact) mass is 310 g/mol. The molecular formula is C15H22N2O3S. The molecule has 0 spiro atoms. The highest BCUT2D eigenvalue weighted by atomic mass is 32.2. The smallest absolute Gasteiger partial charge is 0.240 e. The fourth-order valence-electron chi connectivity index (χ4n) is 2.39. The van der Waals surface area contributed by atoms with Crippen LogP contribution in [0.5, 0.6) is 0 Å². The Balaban J connectivity index is 1.55. The number of ether oxygens (including phenoxy) is 1. The van der Waals surface area contributed by atoms with Gasteiger partial charge in [0.1, 0.15) is 0 Å². The van der Waals surface area contributed by atoms with Crippen LogP contribution in [0.4, 0.5) is 0 Å². The van der Waals surface area contributed by atoms with Crippen LogP contribution in [0.1, 0.15) is 24.8 Å². The van der Waals surface area contributed by atoms with Gasteiger partial charge in [0, 0.05) is 25.7 Å². The van der Waals surface area contributed by atoms with Gasteiger partial charge in [-0.1, -0.05) is 12.1 Å². The van der Waals surface area contributed by atoms with Crippen molar-refractivity contribution < 1.29 is 13.2 Å². The summed E-state index contributed by atoms with van der Waals surface area (Å²) < 4.78 is 32.3. The Bertz CT molecular complexity index is 561. The predicted molar refractivity (Wildman–Crippen MR) is 80.4 cm³/mol. The Morgan fingerprint density at radius 1 is 1.14 bits per heavy atom. The number of hydrogen-bond acceptors (Lipinski definition) is 4. The van der Waals surface area contributed by atoms with Gasteiger partial charge in [0.2, 0.25) is 10.0 Å². The molecular weight excluding hydrogens is 288 g/mol. The molecule has 1 unspecified atom stereocenters. The minimum atomic E-state index is -3.41. The summed E-state index contributed by atoms with van der Waals surface area (Å²) in [5.41, 5.74) is 1.12. The van der Waals surface area contributed by atoms with Gasteiger partial charge in [0.15, 0.2) is 0 Å². The van der Waals surface area contributed by atoms with Crippen LogP contribution in [0.2, 0.25) is 0 Å². The topological polar surface area (TPSA) is 67.4 Å². The largest absolute Gasteiger partial charge is 0.381 e. The molecule has 0 amide bonds. The van der Waals surface area contributed by atoms with Crippen molar-refractivity contribution in [2.24, 2.45) is 5.92 Å². The van der Waals surface area contributed by atoms with E-state index < -0.39 is 10.0 Å². The van der Waals surface area contributed by atoms with E-state index in [4.69, 9.17) is 4.74 Å². The summed E-state index contributed by atoms with van der Waals surface area (Å²) in [6, 6.07) is 7.77. The number of hydrogen-bond donors (Lipinski definition) is 2. The van der Waals surface area contributed by atoms with Gasteiger partial charge in [0.05, 0.1) is 11.5 Å². The van der Waals surface area contributed by atoms with Crippen molar-refractivity contribution >= 4 is 10.0 Å². The molecule has 3 rings (SSSR count). The van der Waals surface area contributed by atoms with E-state index in [0.717, 1.165) is 25.1 Å². The molecule has 0 bridgehead atoms. The first-order valence-corrected chi connectivity index (χ1v) is 9.01. The molecule has 21 heavy (non-hydrogen) atoms. The highest BCUT2D eigenvalue weighted by Gasteiger charge is 2.21. The van der Waals surface area contributed by atoms with Crippen molar-refractivity contribution in [1.29, 1.82) is 0 Å². The molecule has 1 heterocycles. The lowest BCUT2D eigenvalue weighted by Crippen LogP contribution is -2.29. The predicted octanol–water partition coefficient (Wildman–Crippen LogP) is 1.25. The van der Waals surface area contributed by atoms with Gasteiger partial charge in [-0.25, -0.2) is 13.1 Å². The zero-order valence-electron chi connectivity index (χ0n) is 12.0. The highest BCUT2D eigenvalue weighted by molar-refractivity contribution is 7.89. The molecule has 1 atom stereocenters. The summed E-state index contributed by atoms with van der Waals surface area (Å²) >= 11 is 0. The summed E-state index contributed by atoms with van der Waals surface area (Å²) in [6.45, 7) is 2.63. The van der Waals surface area contributed by atoms with E-state index in [0.29, 0.717) is 30.0 Å².